The van der Waals surface area contributed by atoms with Crippen LogP contribution in [0.4, 0.5) is 0 Å². The van der Waals surface area contributed by atoms with Gasteiger partial charge in [-0.3, -0.25) is 4.99 Å². The summed E-state index contributed by atoms with van der Waals surface area (Å²) in [6.07, 6.45) is 3.52. The van der Waals surface area contributed by atoms with Gasteiger partial charge in [0.25, 0.3) is 0 Å². The zero-order valence-corrected chi connectivity index (χ0v) is 18.3. The van der Waals surface area contributed by atoms with Gasteiger partial charge < -0.3 is 13.9 Å². The molecule has 0 spiro atoms. The minimum Gasteiger partial charge on any atom is -0.493 e. The lowest BCUT2D eigenvalue weighted by Gasteiger charge is -2.09. The Morgan fingerprint density at radius 1 is 1.16 bits per heavy atom. The molecule has 0 amide bonds. The summed E-state index contributed by atoms with van der Waals surface area (Å²) in [6.45, 7) is 6.77. The van der Waals surface area contributed by atoms with Crippen LogP contribution in [0.2, 0.25) is 0 Å². The van der Waals surface area contributed by atoms with Crippen LogP contribution >= 0.6 is 11.3 Å². The number of thiazole rings is 1. The first kappa shape index (κ1) is 20.7. The van der Waals surface area contributed by atoms with Crippen molar-refractivity contribution >= 4 is 28.5 Å². The number of ether oxygens (including phenoxy) is 2. The number of hydrogen-bond acceptors (Lipinski definition) is 6. The highest BCUT2D eigenvalue weighted by atomic mass is 32.1. The second kappa shape index (κ2) is 9.49. The van der Waals surface area contributed by atoms with Crippen molar-refractivity contribution < 1.29 is 13.9 Å². The van der Waals surface area contributed by atoms with Crippen molar-refractivity contribution in [1.82, 2.24) is 4.68 Å². The van der Waals surface area contributed by atoms with Crippen LogP contribution < -0.4 is 14.3 Å². The largest absolute Gasteiger partial charge is 0.493 e. The maximum Gasteiger partial charge on any atom is 0.206 e. The summed E-state index contributed by atoms with van der Waals surface area (Å²) < 4.78 is 18.9. The molecule has 0 saturated heterocycles. The van der Waals surface area contributed by atoms with Crippen molar-refractivity contribution in [2.24, 2.45) is 10.1 Å². The SMILES string of the molecule is C=CCN=c1scc(-c2cc3ccccc3o2)n1N=Cc1ccc(OCC)c(OC)c1. The lowest BCUT2D eigenvalue weighted by Crippen LogP contribution is -2.12. The molecule has 7 heteroatoms. The molecule has 2 heterocycles. The molecule has 0 saturated carbocycles. The second-order valence-electron chi connectivity index (χ2n) is 6.58. The van der Waals surface area contributed by atoms with E-state index in [1.165, 1.54) is 11.3 Å². The fourth-order valence-electron chi connectivity index (χ4n) is 3.10. The van der Waals surface area contributed by atoms with Gasteiger partial charge in [0, 0.05) is 10.8 Å². The number of furan rings is 1. The van der Waals surface area contributed by atoms with Crippen LogP contribution in [0, 0.1) is 0 Å². The van der Waals surface area contributed by atoms with E-state index in [0.717, 1.165) is 32.8 Å². The molecule has 6 nitrogen and oxygen atoms in total. The van der Waals surface area contributed by atoms with Gasteiger partial charge in [-0.2, -0.15) is 5.10 Å². The van der Waals surface area contributed by atoms with Crippen LogP contribution in [-0.2, 0) is 0 Å². The summed E-state index contributed by atoms with van der Waals surface area (Å²) in [5.41, 5.74) is 2.54. The summed E-state index contributed by atoms with van der Waals surface area (Å²) in [7, 11) is 1.62. The Balaban J connectivity index is 1.76. The fraction of sp³-hybridized carbons (Fsp3) is 0.167. The minimum absolute atomic E-state index is 0.506. The van der Waals surface area contributed by atoms with Gasteiger partial charge in [-0.25, -0.2) is 4.68 Å². The number of aromatic nitrogens is 1. The average Bonchev–Trinajstić information content (AvgIpc) is 3.40. The van der Waals surface area contributed by atoms with E-state index in [2.05, 4.69) is 11.6 Å². The van der Waals surface area contributed by atoms with Crippen molar-refractivity contribution in [1.29, 1.82) is 0 Å². The third-order valence-corrected chi connectivity index (χ3v) is 5.38. The van der Waals surface area contributed by atoms with Crippen LogP contribution in [0.25, 0.3) is 22.4 Å². The van der Waals surface area contributed by atoms with Gasteiger partial charge in [0.1, 0.15) is 11.3 Å². The maximum absolute atomic E-state index is 6.06. The molecule has 2 aromatic carbocycles. The monoisotopic (exact) mass is 433 g/mol. The molecule has 0 bridgehead atoms. The number of nitrogens with zero attached hydrogens (tertiary/aromatic N) is 3. The molecule has 0 aliphatic carbocycles. The van der Waals surface area contributed by atoms with Crippen LogP contribution in [0.1, 0.15) is 12.5 Å². The highest BCUT2D eigenvalue weighted by molar-refractivity contribution is 7.07. The highest BCUT2D eigenvalue weighted by Gasteiger charge is 2.13. The number of hydrogen-bond donors (Lipinski definition) is 0. The summed E-state index contributed by atoms with van der Waals surface area (Å²) in [4.78, 5) is 5.33. The van der Waals surface area contributed by atoms with Gasteiger partial charge >= 0.3 is 0 Å². The van der Waals surface area contributed by atoms with E-state index in [4.69, 9.17) is 19.0 Å². The smallest absolute Gasteiger partial charge is 0.206 e. The van der Waals surface area contributed by atoms with Crippen molar-refractivity contribution in [2.75, 3.05) is 20.3 Å². The first-order chi connectivity index (χ1) is 15.2. The van der Waals surface area contributed by atoms with Gasteiger partial charge in [-0.15, -0.1) is 17.9 Å². The van der Waals surface area contributed by atoms with Crippen LogP contribution in [0.5, 0.6) is 11.5 Å². The molecule has 0 N–H and O–H groups in total. The molecular weight excluding hydrogens is 410 g/mol. The maximum atomic E-state index is 6.06. The molecule has 2 aromatic heterocycles. The number of methoxy groups -OCH3 is 1. The Kier molecular flexibility index (Phi) is 6.33. The standard InChI is InChI=1S/C24H23N3O3S/c1-4-12-25-24-27(26-15-17-10-11-21(29-5-2)23(13-17)28-3)19(16-31-24)22-14-18-8-6-7-9-20(18)30-22/h4,6-11,13-16H,1,5,12H2,2-3H3. The Morgan fingerprint density at radius 2 is 2.03 bits per heavy atom. The number of fused-ring (bicyclic) bond motifs is 1. The van der Waals surface area contributed by atoms with Gasteiger partial charge in [0.15, 0.2) is 17.3 Å². The van der Waals surface area contributed by atoms with Gasteiger partial charge in [-0.1, -0.05) is 24.3 Å². The van der Waals surface area contributed by atoms with E-state index in [0.29, 0.717) is 24.7 Å². The molecule has 0 radical (unpaired) electrons. The van der Waals surface area contributed by atoms with Crippen LogP contribution in [-0.4, -0.2) is 31.2 Å². The zero-order chi connectivity index (χ0) is 21.6. The fourth-order valence-corrected chi connectivity index (χ4v) is 3.93. The summed E-state index contributed by atoms with van der Waals surface area (Å²) >= 11 is 1.50. The van der Waals surface area contributed by atoms with Crippen LogP contribution in [0.15, 0.2) is 81.1 Å². The summed E-state index contributed by atoms with van der Waals surface area (Å²) in [5, 5.41) is 7.74. The highest BCUT2D eigenvalue weighted by Crippen LogP contribution is 2.29. The van der Waals surface area contributed by atoms with E-state index in [9.17, 15) is 0 Å². The Labute approximate surface area is 184 Å². The van der Waals surface area contributed by atoms with E-state index < -0.39 is 0 Å². The van der Waals surface area contributed by atoms with Crippen molar-refractivity contribution in [2.45, 2.75) is 6.92 Å². The predicted octanol–water partition coefficient (Wildman–Crippen LogP) is 5.34. The lowest BCUT2D eigenvalue weighted by atomic mass is 10.2. The van der Waals surface area contributed by atoms with Gasteiger partial charge in [0.05, 0.1) is 26.5 Å². The molecular formula is C24H23N3O3S. The molecule has 4 rings (SSSR count). The van der Waals surface area contributed by atoms with E-state index >= 15 is 0 Å². The molecule has 4 aromatic rings. The number of rotatable bonds is 8. The van der Waals surface area contributed by atoms with Gasteiger partial charge in [-0.05, 0) is 42.8 Å². The molecule has 31 heavy (non-hydrogen) atoms. The second-order valence-corrected chi connectivity index (χ2v) is 7.42. The van der Waals surface area contributed by atoms with E-state index in [1.807, 2.05) is 60.8 Å². The number of para-hydroxylation sites is 1. The van der Waals surface area contributed by atoms with Crippen molar-refractivity contribution in [3.8, 4) is 23.0 Å². The molecule has 0 unspecified atom stereocenters. The van der Waals surface area contributed by atoms with Crippen LogP contribution in [0.3, 0.4) is 0 Å². The molecule has 0 aliphatic rings. The average molecular weight is 434 g/mol. The third-order valence-electron chi connectivity index (χ3n) is 4.53. The quantitative estimate of drug-likeness (QED) is 0.278. The molecule has 158 valence electrons. The van der Waals surface area contributed by atoms with E-state index in [-0.39, 0.29) is 0 Å². The summed E-state index contributed by atoms with van der Waals surface area (Å²) in [6, 6.07) is 15.6. The first-order valence-electron chi connectivity index (χ1n) is 9.89. The first-order valence-corrected chi connectivity index (χ1v) is 10.8. The van der Waals surface area contributed by atoms with Crippen molar-refractivity contribution in [3.63, 3.8) is 0 Å². The number of benzene rings is 2. The lowest BCUT2D eigenvalue weighted by molar-refractivity contribution is 0.311. The third kappa shape index (κ3) is 4.46. The minimum atomic E-state index is 0.506. The zero-order valence-electron chi connectivity index (χ0n) is 17.4. The normalized spacial score (nSPS) is 12.0. The molecule has 0 aliphatic heterocycles. The summed E-state index contributed by atoms with van der Waals surface area (Å²) in [5.74, 6) is 2.10. The topological polar surface area (TPSA) is 61.2 Å². The molecule has 0 atom stereocenters. The Hall–Kier alpha value is -3.58. The predicted molar refractivity (Wildman–Crippen MR) is 125 cm³/mol. The Morgan fingerprint density at radius 3 is 2.81 bits per heavy atom. The van der Waals surface area contributed by atoms with E-state index in [1.54, 1.807) is 24.1 Å². The van der Waals surface area contributed by atoms with Gasteiger partial charge in [0.2, 0.25) is 4.80 Å². The van der Waals surface area contributed by atoms with Crippen molar-refractivity contribution in [3.05, 3.63) is 76.9 Å². The Bertz CT molecular complexity index is 1260. The molecule has 0 fully saturated rings.